The fraction of sp³-hybridized carbons (Fsp3) is 0.174. The molecule has 3 aromatic rings. The highest BCUT2D eigenvalue weighted by Crippen LogP contribution is 2.50. The standard InChI is InChI=1S/C23H22O4S2/c1-25-16-14-19(21(22(24)27-3)20(15-16)26-2)23(28-17-10-6-4-7-11-17)29-18-12-8-5-9-13-18/h4-15,23H,1-3H3. The lowest BCUT2D eigenvalue weighted by molar-refractivity contribution is 0.0596. The van der Waals surface area contributed by atoms with Crippen molar-refractivity contribution in [3.05, 3.63) is 83.9 Å². The Kier molecular flexibility index (Phi) is 7.49. The van der Waals surface area contributed by atoms with Gasteiger partial charge in [0.2, 0.25) is 0 Å². The number of carbonyl (C=O) groups is 1. The van der Waals surface area contributed by atoms with E-state index in [0.717, 1.165) is 15.4 Å². The van der Waals surface area contributed by atoms with Gasteiger partial charge in [-0.05, 0) is 35.9 Å². The molecular weight excluding hydrogens is 404 g/mol. The lowest BCUT2D eigenvalue weighted by Crippen LogP contribution is -2.10. The molecule has 0 atom stereocenters. The molecule has 4 nitrogen and oxygen atoms in total. The van der Waals surface area contributed by atoms with Crippen LogP contribution in [0.4, 0.5) is 0 Å². The minimum Gasteiger partial charge on any atom is -0.497 e. The van der Waals surface area contributed by atoms with Crippen molar-refractivity contribution in [2.45, 2.75) is 14.4 Å². The molecule has 0 heterocycles. The van der Waals surface area contributed by atoms with Crippen LogP contribution in [0.1, 0.15) is 20.5 Å². The summed E-state index contributed by atoms with van der Waals surface area (Å²) >= 11 is 3.32. The molecule has 3 aromatic carbocycles. The smallest absolute Gasteiger partial charge is 0.342 e. The molecular formula is C23H22O4S2. The molecule has 0 N–H and O–H groups in total. The predicted octanol–water partition coefficient (Wildman–Crippen LogP) is 6.07. The number of rotatable bonds is 8. The van der Waals surface area contributed by atoms with Crippen LogP contribution in [0, 0.1) is 0 Å². The molecule has 0 spiro atoms. The van der Waals surface area contributed by atoms with E-state index in [4.69, 9.17) is 14.2 Å². The van der Waals surface area contributed by atoms with Crippen molar-refractivity contribution in [3.8, 4) is 11.5 Å². The molecule has 29 heavy (non-hydrogen) atoms. The Bertz CT molecular complexity index is 904. The number of hydrogen-bond donors (Lipinski definition) is 0. The zero-order valence-corrected chi connectivity index (χ0v) is 18.1. The van der Waals surface area contributed by atoms with Crippen LogP contribution in [0.3, 0.4) is 0 Å². The molecule has 0 unspecified atom stereocenters. The van der Waals surface area contributed by atoms with Gasteiger partial charge in [0, 0.05) is 15.9 Å². The van der Waals surface area contributed by atoms with E-state index in [1.165, 1.54) is 14.2 Å². The van der Waals surface area contributed by atoms with Gasteiger partial charge in [-0.15, -0.1) is 23.5 Å². The summed E-state index contributed by atoms with van der Waals surface area (Å²) in [5.41, 5.74) is 1.20. The Morgan fingerprint density at radius 3 is 1.79 bits per heavy atom. The maximum absolute atomic E-state index is 12.7. The summed E-state index contributed by atoms with van der Waals surface area (Å²) in [6.45, 7) is 0. The maximum Gasteiger partial charge on any atom is 0.342 e. The molecule has 0 aliphatic carbocycles. The third kappa shape index (κ3) is 5.28. The molecule has 0 radical (unpaired) electrons. The summed E-state index contributed by atoms with van der Waals surface area (Å²) < 4.78 is 15.9. The van der Waals surface area contributed by atoms with Crippen LogP contribution < -0.4 is 9.47 Å². The molecule has 0 saturated carbocycles. The Morgan fingerprint density at radius 1 is 0.793 bits per heavy atom. The lowest BCUT2D eigenvalue weighted by atomic mass is 10.1. The third-order valence-electron chi connectivity index (χ3n) is 4.18. The number of thioether (sulfide) groups is 2. The van der Waals surface area contributed by atoms with Crippen molar-refractivity contribution in [1.29, 1.82) is 0 Å². The van der Waals surface area contributed by atoms with E-state index in [9.17, 15) is 4.79 Å². The van der Waals surface area contributed by atoms with Gasteiger partial charge in [0.25, 0.3) is 0 Å². The summed E-state index contributed by atoms with van der Waals surface area (Å²) in [7, 11) is 4.51. The molecule has 0 aliphatic heterocycles. The molecule has 150 valence electrons. The van der Waals surface area contributed by atoms with Gasteiger partial charge in [-0.1, -0.05) is 36.4 Å². The molecule has 3 rings (SSSR count). The molecule has 0 bridgehead atoms. The minimum atomic E-state index is -0.438. The lowest BCUT2D eigenvalue weighted by Gasteiger charge is -2.22. The van der Waals surface area contributed by atoms with Gasteiger partial charge in [-0.25, -0.2) is 4.79 Å². The Morgan fingerprint density at radius 2 is 1.34 bits per heavy atom. The van der Waals surface area contributed by atoms with Crippen LogP contribution in [0.5, 0.6) is 11.5 Å². The van der Waals surface area contributed by atoms with Crippen molar-refractivity contribution in [2.24, 2.45) is 0 Å². The highest BCUT2D eigenvalue weighted by Gasteiger charge is 2.27. The van der Waals surface area contributed by atoms with Crippen LogP contribution in [0.25, 0.3) is 0 Å². The third-order valence-corrected chi connectivity index (χ3v) is 6.78. The first kappa shape index (κ1) is 21.1. The second kappa shape index (κ2) is 10.3. The van der Waals surface area contributed by atoms with Crippen molar-refractivity contribution >= 4 is 29.5 Å². The van der Waals surface area contributed by atoms with Gasteiger partial charge < -0.3 is 14.2 Å². The van der Waals surface area contributed by atoms with E-state index in [2.05, 4.69) is 24.3 Å². The zero-order chi connectivity index (χ0) is 20.6. The van der Waals surface area contributed by atoms with Gasteiger partial charge in [0.15, 0.2) is 0 Å². The van der Waals surface area contributed by atoms with E-state index >= 15 is 0 Å². The normalized spacial score (nSPS) is 10.6. The Hall–Kier alpha value is -2.57. The van der Waals surface area contributed by atoms with Gasteiger partial charge in [0.1, 0.15) is 17.1 Å². The quantitative estimate of drug-likeness (QED) is 0.247. The van der Waals surface area contributed by atoms with Crippen molar-refractivity contribution < 1.29 is 19.0 Å². The average Bonchev–Trinajstić information content (AvgIpc) is 2.78. The summed E-state index contributed by atoms with van der Waals surface area (Å²) in [6, 6.07) is 23.8. The van der Waals surface area contributed by atoms with Crippen molar-refractivity contribution in [1.82, 2.24) is 0 Å². The second-order valence-electron chi connectivity index (χ2n) is 5.98. The van der Waals surface area contributed by atoms with Gasteiger partial charge in [-0.3, -0.25) is 0 Å². The van der Waals surface area contributed by atoms with E-state index in [-0.39, 0.29) is 4.58 Å². The van der Waals surface area contributed by atoms with Gasteiger partial charge in [0.05, 0.1) is 25.9 Å². The summed E-state index contributed by atoms with van der Waals surface area (Å²) in [5, 5.41) is 0. The predicted molar refractivity (Wildman–Crippen MR) is 118 cm³/mol. The van der Waals surface area contributed by atoms with Crippen LogP contribution in [-0.4, -0.2) is 27.3 Å². The first-order chi connectivity index (χ1) is 14.2. The number of methoxy groups -OCH3 is 3. The molecule has 6 heteroatoms. The Balaban J connectivity index is 2.13. The molecule has 0 aromatic heterocycles. The Labute approximate surface area is 179 Å². The number of hydrogen-bond acceptors (Lipinski definition) is 6. The first-order valence-electron chi connectivity index (χ1n) is 8.94. The van der Waals surface area contributed by atoms with Gasteiger partial charge in [-0.2, -0.15) is 0 Å². The van der Waals surface area contributed by atoms with E-state index < -0.39 is 5.97 Å². The summed E-state index contributed by atoms with van der Waals surface area (Å²) in [5.74, 6) is 0.613. The van der Waals surface area contributed by atoms with E-state index in [1.807, 2.05) is 42.5 Å². The van der Waals surface area contributed by atoms with Crippen LogP contribution in [-0.2, 0) is 4.74 Å². The van der Waals surface area contributed by atoms with Crippen LogP contribution in [0.2, 0.25) is 0 Å². The topological polar surface area (TPSA) is 44.8 Å². The fourth-order valence-electron chi connectivity index (χ4n) is 2.79. The summed E-state index contributed by atoms with van der Waals surface area (Å²) in [6.07, 6.45) is 0. The number of benzene rings is 3. The second-order valence-corrected chi connectivity index (χ2v) is 8.63. The number of esters is 1. The molecule has 0 amide bonds. The van der Waals surface area contributed by atoms with Crippen molar-refractivity contribution in [2.75, 3.05) is 21.3 Å². The van der Waals surface area contributed by atoms with Crippen LogP contribution in [0.15, 0.2) is 82.6 Å². The SMILES string of the molecule is COC(=O)c1c(OC)cc(OC)cc1C(Sc1ccccc1)Sc1ccccc1. The largest absolute Gasteiger partial charge is 0.497 e. The average molecular weight is 427 g/mol. The highest BCUT2D eigenvalue weighted by atomic mass is 32.2. The fourth-order valence-corrected chi connectivity index (χ4v) is 5.40. The maximum atomic E-state index is 12.7. The van der Waals surface area contributed by atoms with Gasteiger partial charge >= 0.3 is 5.97 Å². The minimum absolute atomic E-state index is 0.127. The zero-order valence-electron chi connectivity index (χ0n) is 16.5. The molecule has 0 saturated heterocycles. The summed E-state index contributed by atoms with van der Waals surface area (Å²) in [4.78, 5) is 14.9. The van der Waals surface area contributed by atoms with Crippen LogP contribution >= 0.6 is 23.5 Å². The van der Waals surface area contributed by atoms with E-state index in [0.29, 0.717) is 17.1 Å². The van der Waals surface area contributed by atoms with Crippen molar-refractivity contribution in [3.63, 3.8) is 0 Å². The molecule has 0 aliphatic rings. The van der Waals surface area contributed by atoms with E-state index in [1.54, 1.807) is 36.7 Å². The molecule has 0 fully saturated rings. The first-order valence-corrected chi connectivity index (χ1v) is 10.7. The highest BCUT2D eigenvalue weighted by molar-refractivity contribution is 8.16. The monoisotopic (exact) mass is 426 g/mol. The number of ether oxygens (including phenoxy) is 3. The number of carbonyl (C=O) groups excluding carboxylic acids is 1.